The maximum atomic E-state index is 12.2. The molecular formula is C13H19ClN2O. The molecule has 0 atom stereocenters. The highest BCUT2D eigenvalue weighted by molar-refractivity contribution is 6.30. The lowest BCUT2D eigenvalue weighted by Gasteiger charge is -2.28. The van der Waals surface area contributed by atoms with Gasteiger partial charge >= 0.3 is 0 Å². The molecule has 0 aromatic heterocycles. The predicted molar refractivity (Wildman–Crippen MR) is 72.2 cm³/mol. The van der Waals surface area contributed by atoms with Crippen LogP contribution in [0.3, 0.4) is 0 Å². The molecule has 1 aromatic rings. The Bertz CT molecular complexity index is 380. The van der Waals surface area contributed by atoms with Gasteiger partial charge in [0.05, 0.1) is 5.41 Å². The van der Waals surface area contributed by atoms with Crippen molar-refractivity contribution in [3.05, 3.63) is 29.3 Å². The fraction of sp³-hybridized carbons (Fsp3) is 0.462. The van der Waals surface area contributed by atoms with Gasteiger partial charge in [-0.3, -0.25) is 4.79 Å². The van der Waals surface area contributed by atoms with Crippen molar-refractivity contribution < 1.29 is 4.79 Å². The Morgan fingerprint density at radius 3 is 2.53 bits per heavy atom. The molecule has 1 aromatic carbocycles. The van der Waals surface area contributed by atoms with Crippen molar-refractivity contribution in [2.24, 2.45) is 11.1 Å². The Hall–Kier alpha value is -1.06. The van der Waals surface area contributed by atoms with Crippen LogP contribution in [0.1, 0.15) is 26.7 Å². The quantitative estimate of drug-likeness (QED) is 0.849. The maximum absolute atomic E-state index is 12.2. The van der Waals surface area contributed by atoms with E-state index >= 15 is 0 Å². The number of nitrogens with one attached hydrogen (secondary N) is 1. The summed E-state index contributed by atoms with van der Waals surface area (Å²) in [4.78, 5) is 12.2. The van der Waals surface area contributed by atoms with Crippen LogP contribution in [0.15, 0.2) is 24.3 Å². The number of carbonyl (C=O) groups is 1. The van der Waals surface area contributed by atoms with Crippen molar-refractivity contribution in [1.82, 2.24) is 0 Å². The number of anilines is 1. The highest BCUT2D eigenvalue weighted by Gasteiger charge is 2.33. The van der Waals surface area contributed by atoms with Crippen LogP contribution in [0.5, 0.6) is 0 Å². The third kappa shape index (κ3) is 3.20. The molecular weight excluding hydrogens is 236 g/mol. The van der Waals surface area contributed by atoms with Crippen molar-refractivity contribution >= 4 is 23.2 Å². The molecule has 0 unspecified atom stereocenters. The van der Waals surface area contributed by atoms with Gasteiger partial charge in [0.2, 0.25) is 5.91 Å². The van der Waals surface area contributed by atoms with Crippen LogP contribution in [-0.4, -0.2) is 12.5 Å². The summed E-state index contributed by atoms with van der Waals surface area (Å²) in [7, 11) is 0. The van der Waals surface area contributed by atoms with Gasteiger partial charge in [0.25, 0.3) is 0 Å². The minimum Gasteiger partial charge on any atom is -0.329 e. The first-order valence-corrected chi connectivity index (χ1v) is 6.23. The van der Waals surface area contributed by atoms with Crippen LogP contribution in [0, 0.1) is 5.41 Å². The lowest BCUT2D eigenvalue weighted by Crippen LogP contribution is -2.41. The van der Waals surface area contributed by atoms with Gasteiger partial charge in [-0.25, -0.2) is 0 Å². The zero-order chi connectivity index (χ0) is 12.9. The van der Waals surface area contributed by atoms with E-state index in [9.17, 15) is 4.79 Å². The van der Waals surface area contributed by atoms with Gasteiger partial charge in [0.15, 0.2) is 0 Å². The average molecular weight is 255 g/mol. The van der Waals surface area contributed by atoms with E-state index in [4.69, 9.17) is 17.3 Å². The second-order valence-corrected chi connectivity index (χ2v) is 4.59. The first-order chi connectivity index (χ1) is 8.07. The number of benzene rings is 1. The van der Waals surface area contributed by atoms with Gasteiger partial charge in [-0.05, 0) is 31.0 Å². The molecule has 3 nitrogen and oxygen atoms in total. The van der Waals surface area contributed by atoms with Crippen LogP contribution in [0.4, 0.5) is 5.69 Å². The second-order valence-electron chi connectivity index (χ2n) is 4.16. The molecule has 0 bridgehead atoms. The Morgan fingerprint density at radius 2 is 2.06 bits per heavy atom. The van der Waals surface area contributed by atoms with Crippen molar-refractivity contribution in [2.75, 3.05) is 11.9 Å². The predicted octanol–water partition coefficient (Wildman–Crippen LogP) is 3.04. The molecule has 17 heavy (non-hydrogen) atoms. The molecule has 0 radical (unpaired) electrons. The molecule has 1 amide bonds. The van der Waals surface area contributed by atoms with Crippen LogP contribution < -0.4 is 11.1 Å². The van der Waals surface area contributed by atoms with Crippen LogP contribution in [0.25, 0.3) is 0 Å². The van der Waals surface area contributed by atoms with Crippen LogP contribution in [-0.2, 0) is 4.79 Å². The normalized spacial score (nSPS) is 11.3. The zero-order valence-corrected chi connectivity index (χ0v) is 11.1. The van der Waals surface area contributed by atoms with E-state index in [2.05, 4.69) is 5.32 Å². The number of hydrogen-bond donors (Lipinski definition) is 2. The number of rotatable bonds is 5. The van der Waals surface area contributed by atoms with Gasteiger partial charge in [-0.15, -0.1) is 0 Å². The summed E-state index contributed by atoms with van der Waals surface area (Å²) in [6.45, 7) is 4.31. The largest absolute Gasteiger partial charge is 0.329 e. The summed E-state index contributed by atoms with van der Waals surface area (Å²) in [5.74, 6) is -0.0349. The smallest absolute Gasteiger partial charge is 0.231 e. The van der Waals surface area contributed by atoms with Gasteiger partial charge in [0.1, 0.15) is 0 Å². The van der Waals surface area contributed by atoms with E-state index in [0.717, 1.165) is 12.8 Å². The topological polar surface area (TPSA) is 55.1 Å². The summed E-state index contributed by atoms with van der Waals surface area (Å²) >= 11 is 5.87. The van der Waals surface area contributed by atoms with Crippen LogP contribution >= 0.6 is 11.6 Å². The van der Waals surface area contributed by atoms with E-state index in [0.29, 0.717) is 17.3 Å². The van der Waals surface area contributed by atoms with Crippen LogP contribution in [0.2, 0.25) is 5.02 Å². The number of amides is 1. The lowest BCUT2D eigenvalue weighted by molar-refractivity contribution is -0.125. The minimum absolute atomic E-state index is 0.0349. The molecule has 0 heterocycles. The van der Waals surface area contributed by atoms with Crippen molar-refractivity contribution in [3.63, 3.8) is 0 Å². The highest BCUT2D eigenvalue weighted by Crippen LogP contribution is 2.27. The monoisotopic (exact) mass is 254 g/mol. The first-order valence-electron chi connectivity index (χ1n) is 5.85. The van der Waals surface area contributed by atoms with Crippen molar-refractivity contribution in [2.45, 2.75) is 26.7 Å². The van der Waals surface area contributed by atoms with Crippen molar-refractivity contribution in [1.29, 1.82) is 0 Å². The number of halogens is 1. The third-order valence-electron chi connectivity index (χ3n) is 3.31. The Labute approximate surface area is 107 Å². The number of hydrogen-bond acceptors (Lipinski definition) is 2. The standard InChI is InChI=1S/C13H19ClN2O/c1-3-13(4-2,9-15)12(17)16-11-7-5-6-10(14)8-11/h5-8H,3-4,9,15H2,1-2H3,(H,16,17). The molecule has 94 valence electrons. The molecule has 0 aliphatic carbocycles. The Morgan fingerprint density at radius 1 is 1.41 bits per heavy atom. The molecule has 3 N–H and O–H groups in total. The van der Waals surface area contributed by atoms with Gasteiger partial charge in [-0.1, -0.05) is 31.5 Å². The molecule has 0 saturated carbocycles. The van der Waals surface area contributed by atoms with E-state index in [1.54, 1.807) is 18.2 Å². The summed E-state index contributed by atoms with van der Waals surface area (Å²) in [6.07, 6.45) is 1.46. The molecule has 0 spiro atoms. The lowest BCUT2D eigenvalue weighted by atomic mass is 9.81. The fourth-order valence-electron chi connectivity index (χ4n) is 1.78. The Balaban J connectivity index is 2.84. The number of carbonyl (C=O) groups excluding carboxylic acids is 1. The maximum Gasteiger partial charge on any atom is 0.231 e. The summed E-state index contributed by atoms with van der Waals surface area (Å²) in [5.41, 5.74) is 5.95. The van der Waals surface area contributed by atoms with E-state index in [-0.39, 0.29) is 5.91 Å². The fourth-order valence-corrected chi connectivity index (χ4v) is 1.97. The molecule has 0 fully saturated rings. The molecule has 0 saturated heterocycles. The minimum atomic E-state index is -0.484. The zero-order valence-electron chi connectivity index (χ0n) is 10.3. The summed E-state index contributed by atoms with van der Waals surface area (Å²) < 4.78 is 0. The van der Waals surface area contributed by atoms with Gasteiger partial charge < -0.3 is 11.1 Å². The molecule has 0 aliphatic heterocycles. The van der Waals surface area contributed by atoms with Crippen molar-refractivity contribution in [3.8, 4) is 0 Å². The van der Waals surface area contributed by atoms with Gasteiger partial charge in [0, 0.05) is 17.3 Å². The molecule has 4 heteroatoms. The molecule has 1 rings (SSSR count). The Kier molecular flexibility index (Phi) is 4.97. The second kappa shape index (κ2) is 6.03. The van der Waals surface area contributed by atoms with E-state index in [1.807, 2.05) is 19.9 Å². The van der Waals surface area contributed by atoms with E-state index in [1.165, 1.54) is 0 Å². The third-order valence-corrected chi connectivity index (χ3v) is 3.54. The average Bonchev–Trinajstić information content (AvgIpc) is 2.32. The van der Waals surface area contributed by atoms with Gasteiger partial charge in [-0.2, -0.15) is 0 Å². The highest BCUT2D eigenvalue weighted by atomic mass is 35.5. The summed E-state index contributed by atoms with van der Waals surface area (Å²) in [6, 6.07) is 7.12. The number of nitrogens with two attached hydrogens (primary N) is 1. The SMILES string of the molecule is CCC(CC)(CN)C(=O)Nc1cccc(Cl)c1. The molecule has 0 aliphatic rings. The summed E-state index contributed by atoms with van der Waals surface area (Å²) in [5, 5.41) is 3.48. The first kappa shape index (κ1) is 14.0. The van der Waals surface area contributed by atoms with E-state index < -0.39 is 5.41 Å².